The quantitative estimate of drug-likeness (QED) is 0.685. The third-order valence-corrected chi connectivity index (χ3v) is 6.16. The fourth-order valence-electron chi connectivity index (χ4n) is 4.35. The van der Waals surface area contributed by atoms with Crippen LogP contribution in [0.25, 0.3) is 0 Å². The molecule has 0 saturated carbocycles. The largest absolute Gasteiger partial charge is 0.466 e. The van der Waals surface area contributed by atoms with Crippen LogP contribution in [0.15, 0.2) is 30.5 Å². The molecule has 0 spiro atoms. The standard InChI is InChI=1S/C24H30N6O2/c1-2-32-24(31)18-10-14-29(15-11-18)20-8-6-19(7-9-20)27-23-21(16-25)26-17-22(28-23)30-12-4-3-5-13-30/h6-9,17-18H,2-5,10-15H2,1H3,(H,27,28). The summed E-state index contributed by atoms with van der Waals surface area (Å²) >= 11 is 0. The van der Waals surface area contributed by atoms with Crippen molar-refractivity contribution in [1.29, 1.82) is 5.26 Å². The molecule has 0 radical (unpaired) electrons. The van der Waals surface area contributed by atoms with Crippen molar-refractivity contribution >= 4 is 29.0 Å². The predicted octanol–water partition coefficient (Wildman–Crippen LogP) is 3.86. The Labute approximate surface area is 189 Å². The molecule has 0 bridgehead atoms. The van der Waals surface area contributed by atoms with Gasteiger partial charge in [0.25, 0.3) is 0 Å². The summed E-state index contributed by atoms with van der Waals surface area (Å²) in [6.07, 6.45) is 6.87. The first-order chi connectivity index (χ1) is 15.7. The van der Waals surface area contributed by atoms with E-state index in [1.165, 1.54) is 6.42 Å². The molecule has 2 fully saturated rings. The number of rotatable bonds is 6. The molecule has 2 aliphatic heterocycles. The summed E-state index contributed by atoms with van der Waals surface area (Å²) in [7, 11) is 0. The molecule has 1 aromatic carbocycles. The molecule has 0 amide bonds. The Morgan fingerprint density at radius 1 is 1.12 bits per heavy atom. The van der Waals surface area contributed by atoms with Crippen LogP contribution in [0.2, 0.25) is 0 Å². The number of hydrogen-bond donors (Lipinski definition) is 1. The van der Waals surface area contributed by atoms with Crippen LogP contribution in [0.3, 0.4) is 0 Å². The van der Waals surface area contributed by atoms with Crippen LogP contribution in [0.5, 0.6) is 0 Å². The van der Waals surface area contributed by atoms with Gasteiger partial charge in [0.2, 0.25) is 0 Å². The van der Waals surface area contributed by atoms with Gasteiger partial charge in [0.15, 0.2) is 11.5 Å². The van der Waals surface area contributed by atoms with Crippen LogP contribution in [0.4, 0.5) is 23.0 Å². The molecule has 3 heterocycles. The predicted molar refractivity (Wildman–Crippen MR) is 124 cm³/mol. The van der Waals surface area contributed by atoms with Gasteiger partial charge in [0, 0.05) is 37.6 Å². The summed E-state index contributed by atoms with van der Waals surface area (Å²) < 4.78 is 5.16. The molecule has 0 atom stereocenters. The van der Waals surface area contributed by atoms with Gasteiger partial charge in [-0.1, -0.05) is 0 Å². The number of ether oxygens (including phenoxy) is 1. The van der Waals surface area contributed by atoms with Crippen LogP contribution in [0.1, 0.15) is 44.7 Å². The average molecular weight is 435 g/mol. The van der Waals surface area contributed by atoms with Crippen LogP contribution >= 0.6 is 0 Å². The van der Waals surface area contributed by atoms with Crippen molar-refractivity contribution in [3.05, 3.63) is 36.2 Å². The molecule has 168 valence electrons. The van der Waals surface area contributed by atoms with E-state index in [0.717, 1.165) is 69.1 Å². The summed E-state index contributed by atoms with van der Waals surface area (Å²) in [5.41, 5.74) is 2.26. The van der Waals surface area contributed by atoms with Gasteiger partial charge in [-0.15, -0.1) is 0 Å². The summed E-state index contributed by atoms with van der Waals surface area (Å²) in [5, 5.41) is 12.7. The number of nitrogens with one attached hydrogen (secondary N) is 1. The number of piperidine rings is 2. The SMILES string of the molecule is CCOC(=O)C1CCN(c2ccc(Nc3nc(N4CCCCC4)cnc3C#N)cc2)CC1. The van der Waals surface area contributed by atoms with E-state index in [1.807, 2.05) is 19.1 Å². The molecule has 32 heavy (non-hydrogen) atoms. The van der Waals surface area contributed by atoms with Crippen LogP contribution in [0, 0.1) is 17.2 Å². The van der Waals surface area contributed by atoms with Crippen molar-refractivity contribution in [3.63, 3.8) is 0 Å². The maximum Gasteiger partial charge on any atom is 0.309 e. The first kappa shape index (κ1) is 21.9. The average Bonchev–Trinajstić information content (AvgIpc) is 2.85. The van der Waals surface area contributed by atoms with E-state index in [2.05, 4.69) is 38.3 Å². The van der Waals surface area contributed by atoms with Crippen molar-refractivity contribution in [2.24, 2.45) is 5.92 Å². The van der Waals surface area contributed by atoms with Crippen molar-refractivity contribution in [2.45, 2.75) is 39.0 Å². The lowest BCUT2D eigenvalue weighted by atomic mass is 9.96. The van der Waals surface area contributed by atoms with Gasteiger partial charge in [-0.05, 0) is 63.3 Å². The lowest BCUT2D eigenvalue weighted by molar-refractivity contribution is -0.148. The summed E-state index contributed by atoms with van der Waals surface area (Å²) in [6, 6.07) is 10.2. The number of carbonyl (C=O) groups excluding carboxylic acids is 1. The minimum Gasteiger partial charge on any atom is -0.466 e. The molecule has 2 aromatic rings. The van der Waals surface area contributed by atoms with Gasteiger partial charge < -0.3 is 19.9 Å². The second-order valence-corrected chi connectivity index (χ2v) is 8.27. The van der Waals surface area contributed by atoms with Gasteiger partial charge in [-0.3, -0.25) is 4.79 Å². The molecule has 8 nitrogen and oxygen atoms in total. The molecule has 4 rings (SSSR count). The Kier molecular flexibility index (Phi) is 7.05. The zero-order valence-electron chi connectivity index (χ0n) is 18.6. The Bertz CT molecular complexity index is 957. The smallest absolute Gasteiger partial charge is 0.309 e. The number of esters is 1. The normalized spacial score (nSPS) is 17.0. The number of aromatic nitrogens is 2. The summed E-state index contributed by atoms with van der Waals surface area (Å²) in [4.78, 5) is 25.5. The third kappa shape index (κ3) is 5.10. The summed E-state index contributed by atoms with van der Waals surface area (Å²) in [5.74, 6) is 1.22. The monoisotopic (exact) mass is 434 g/mol. The van der Waals surface area contributed by atoms with Crippen LogP contribution in [-0.4, -0.2) is 48.7 Å². The number of nitriles is 1. The second kappa shape index (κ2) is 10.3. The highest BCUT2D eigenvalue weighted by Gasteiger charge is 2.26. The highest BCUT2D eigenvalue weighted by Crippen LogP contribution is 2.27. The maximum absolute atomic E-state index is 12.0. The van der Waals surface area contributed by atoms with Crippen molar-refractivity contribution in [3.8, 4) is 6.07 Å². The molecule has 2 aliphatic rings. The van der Waals surface area contributed by atoms with Gasteiger partial charge >= 0.3 is 5.97 Å². The topological polar surface area (TPSA) is 94.4 Å². The molecule has 1 aromatic heterocycles. The fraction of sp³-hybridized carbons (Fsp3) is 0.500. The van der Waals surface area contributed by atoms with Crippen molar-refractivity contribution in [2.75, 3.05) is 47.9 Å². The lowest BCUT2D eigenvalue weighted by Gasteiger charge is -2.32. The third-order valence-electron chi connectivity index (χ3n) is 6.16. The Morgan fingerprint density at radius 2 is 1.84 bits per heavy atom. The van der Waals surface area contributed by atoms with E-state index in [1.54, 1.807) is 6.20 Å². The zero-order valence-corrected chi connectivity index (χ0v) is 18.6. The van der Waals surface area contributed by atoms with Crippen LogP contribution in [-0.2, 0) is 9.53 Å². The van der Waals surface area contributed by atoms with Gasteiger partial charge in [-0.2, -0.15) is 5.26 Å². The number of nitrogens with zero attached hydrogens (tertiary/aromatic N) is 5. The number of hydrogen-bond acceptors (Lipinski definition) is 8. The molecule has 1 N–H and O–H groups in total. The van der Waals surface area contributed by atoms with Crippen molar-refractivity contribution < 1.29 is 9.53 Å². The molecular formula is C24H30N6O2. The van der Waals surface area contributed by atoms with E-state index in [0.29, 0.717) is 12.4 Å². The van der Waals surface area contributed by atoms with Gasteiger partial charge in [0.1, 0.15) is 11.9 Å². The molecule has 0 aliphatic carbocycles. The van der Waals surface area contributed by atoms with Crippen LogP contribution < -0.4 is 15.1 Å². The maximum atomic E-state index is 12.0. The van der Waals surface area contributed by atoms with E-state index >= 15 is 0 Å². The van der Waals surface area contributed by atoms with E-state index in [9.17, 15) is 10.1 Å². The lowest BCUT2D eigenvalue weighted by Crippen LogP contribution is -2.36. The second-order valence-electron chi connectivity index (χ2n) is 8.27. The number of benzene rings is 1. The van der Waals surface area contributed by atoms with E-state index in [4.69, 9.17) is 9.72 Å². The zero-order chi connectivity index (χ0) is 22.3. The Morgan fingerprint density at radius 3 is 2.50 bits per heavy atom. The number of carbonyl (C=O) groups is 1. The van der Waals surface area contributed by atoms with Crippen molar-refractivity contribution in [1.82, 2.24) is 9.97 Å². The van der Waals surface area contributed by atoms with Gasteiger partial charge in [-0.25, -0.2) is 9.97 Å². The number of anilines is 4. The molecule has 8 heteroatoms. The Balaban J connectivity index is 1.41. The Hall–Kier alpha value is -3.34. The minimum absolute atomic E-state index is 0.00213. The highest BCUT2D eigenvalue weighted by atomic mass is 16.5. The fourth-order valence-corrected chi connectivity index (χ4v) is 4.35. The minimum atomic E-state index is -0.0760. The molecule has 2 saturated heterocycles. The van der Waals surface area contributed by atoms with E-state index in [-0.39, 0.29) is 17.6 Å². The van der Waals surface area contributed by atoms with Gasteiger partial charge in [0.05, 0.1) is 18.7 Å². The molecular weight excluding hydrogens is 404 g/mol. The molecule has 0 unspecified atom stereocenters. The van der Waals surface area contributed by atoms with E-state index < -0.39 is 0 Å². The first-order valence-corrected chi connectivity index (χ1v) is 11.5. The first-order valence-electron chi connectivity index (χ1n) is 11.5. The summed E-state index contributed by atoms with van der Waals surface area (Å²) in [6.45, 7) is 5.89. The highest BCUT2D eigenvalue weighted by molar-refractivity contribution is 5.73.